The first-order valence-corrected chi connectivity index (χ1v) is 12.4. The van der Waals surface area contributed by atoms with Crippen molar-refractivity contribution in [3.8, 4) is 11.5 Å². The summed E-state index contributed by atoms with van der Waals surface area (Å²) in [5.74, 6) is -0.319. The Balaban J connectivity index is 1.67. The van der Waals surface area contributed by atoms with Crippen LogP contribution < -0.4 is 14.4 Å². The number of carbonyl (C=O) groups excluding carboxylic acids is 3. The molecule has 0 aliphatic carbocycles. The van der Waals surface area contributed by atoms with E-state index in [9.17, 15) is 14.4 Å². The summed E-state index contributed by atoms with van der Waals surface area (Å²) >= 11 is 9.50. The minimum Gasteiger partial charge on any atom is -0.493 e. The Morgan fingerprint density at radius 1 is 1.03 bits per heavy atom. The molecule has 1 saturated heterocycles. The minimum atomic E-state index is -0.944. The Morgan fingerprint density at radius 3 is 2.42 bits per heavy atom. The fourth-order valence-corrected chi connectivity index (χ4v) is 4.67. The Labute approximate surface area is 222 Å². The zero-order valence-corrected chi connectivity index (χ0v) is 22.1. The van der Waals surface area contributed by atoms with Crippen molar-refractivity contribution < 1.29 is 23.9 Å². The SMILES string of the molecule is COc1ccc(C(=O)N(CCc2cccc(Cl)c2)C2CC(=O)N(c3ccc(Br)cc3)C2=O)cc1OC. The number of hydrogen-bond donors (Lipinski definition) is 0. The van der Waals surface area contributed by atoms with Gasteiger partial charge in [0.25, 0.3) is 11.8 Å². The third kappa shape index (κ3) is 5.39. The van der Waals surface area contributed by atoms with Gasteiger partial charge in [-0.1, -0.05) is 39.7 Å². The molecule has 0 saturated carbocycles. The third-order valence-corrected chi connectivity index (χ3v) is 6.77. The molecule has 1 aliphatic heterocycles. The van der Waals surface area contributed by atoms with Crippen molar-refractivity contribution in [1.29, 1.82) is 0 Å². The molecule has 9 heteroatoms. The Hall–Kier alpha value is -3.36. The molecule has 1 aliphatic rings. The number of carbonyl (C=O) groups is 3. The summed E-state index contributed by atoms with van der Waals surface area (Å²) in [6.45, 7) is 0.214. The quantitative estimate of drug-likeness (QED) is 0.350. The van der Waals surface area contributed by atoms with E-state index in [-0.39, 0.29) is 24.8 Å². The fraction of sp³-hybridized carbons (Fsp3) is 0.222. The smallest absolute Gasteiger partial charge is 0.257 e. The number of nitrogens with zero attached hydrogens (tertiary/aromatic N) is 2. The molecule has 3 amide bonds. The lowest BCUT2D eigenvalue weighted by atomic mass is 10.1. The highest BCUT2D eigenvalue weighted by Gasteiger charge is 2.44. The molecule has 0 spiro atoms. The van der Waals surface area contributed by atoms with Gasteiger partial charge in [-0.25, -0.2) is 4.90 Å². The second-order valence-electron chi connectivity index (χ2n) is 8.21. The van der Waals surface area contributed by atoms with Gasteiger partial charge in [0.15, 0.2) is 11.5 Å². The zero-order chi connectivity index (χ0) is 25.8. The lowest BCUT2D eigenvalue weighted by Gasteiger charge is -2.28. The summed E-state index contributed by atoms with van der Waals surface area (Å²) in [5, 5.41) is 0.582. The van der Waals surface area contributed by atoms with Gasteiger partial charge < -0.3 is 14.4 Å². The van der Waals surface area contributed by atoms with Gasteiger partial charge in [-0.15, -0.1) is 0 Å². The summed E-state index contributed by atoms with van der Waals surface area (Å²) in [6.07, 6.45) is 0.347. The van der Waals surface area contributed by atoms with Crippen LogP contribution in [-0.4, -0.2) is 49.4 Å². The van der Waals surface area contributed by atoms with Crippen LogP contribution in [0.3, 0.4) is 0 Å². The number of rotatable bonds is 8. The second-order valence-corrected chi connectivity index (χ2v) is 9.56. The number of imide groups is 1. The lowest BCUT2D eigenvalue weighted by Crippen LogP contribution is -2.46. The average Bonchev–Trinajstić information content (AvgIpc) is 3.17. The van der Waals surface area contributed by atoms with Crippen molar-refractivity contribution in [2.24, 2.45) is 0 Å². The van der Waals surface area contributed by atoms with Crippen LogP contribution in [0.25, 0.3) is 0 Å². The van der Waals surface area contributed by atoms with Crippen LogP contribution in [0.15, 0.2) is 71.2 Å². The highest BCUT2D eigenvalue weighted by atomic mass is 79.9. The molecular weight excluding hydrogens is 548 g/mol. The molecule has 7 nitrogen and oxygen atoms in total. The molecule has 0 N–H and O–H groups in total. The topological polar surface area (TPSA) is 76.2 Å². The molecule has 3 aromatic carbocycles. The molecular formula is C27H24BrClN2O5. The summed E-state index contributed by atoms with van der Waals surface area (Å²) in [6, 6.07) is 18.1. The van der Waals surface area contributed by atoms with Crippen LogP contribution in [0.1, 0.15) is 22.3 Å². The molecule has 186 valence electrons. The van der Waals surface area contributed by atoms with E-state index in [0.29, 0.717) is 34.2 Å². The van der Waals surface area contributed by atoms with E-state index >= 15 is 0 Å². The van der Waals surface area contributed by atoms with E-state index in [0.717, 1.165) is 14.9 Å². The van der Waals surface area contributed by atoms with Gasteiger partial charge in [-0.05, 0) is 66.6 Å². The number of amides is 3. The van der Waals surface area contributed by atoms with Crippen molar-refractivity contribution in [1.82, 2.24) is 4.90 Å². The zero-order valence-electron chi connectivity index (χ0n) is 19.7. The molecule has 0 aromatic heterocycles. The van der Waals surface area contributed by atoms with Crippen molar-refractivity contribution in [2.45, 2.75) is 18.9 Å². The number of ether oxygens (including phenoxy) is 2. The van der Waals surface area contributed by atoms with Crippen LogP contribution in [-0.2, 0) is 16.0 Å². The highest BCUT2D eigenvalue weighted by Crippen LogP contribution is 2.31. The summed E-state index contributed by atoms with van der Waals surface area (Å²) in [4.78, 5) is 42.8. The molecule has 1 heterocycles. The molecule has 1 fully saturated rings. The summed E-state index contributed by atoms with van der Waals surface area (Å²) in [5.41, 5.74) is 1.69. The summed E-state index contributed by atoms with van der Waals surface area (Å²) in [7, 11) is 2.99. The van der Waals surface area contributed by atoms with Gasteiger partial charge in [-0.2, -0.15) is 0 Å². The maximum Gasteiger partial charge on any atom is 0.257 e. The normalized spacial score (nSPS) is 15.2. The Morgan fingerprint density at radius 2 is 1.75 bits per heavy atom. The predicted octanol–water partition coefficient (Wildman–Crippen LogP) is 5.14. The van der Waals surface area contributed by atoms with Gasteiger partial charge in [-0.3, -0.25) is 14.4 Å². The Kier molecular flexibility index (Phi) is 7.96. The number of anilines is 1. The first kappa shape index (κ1) is 25.7. The second kappa shape index (κ2) is 11.1. The number of benzene rings is 3. The summed E-state index contributed by atoms with van der Waals surface area (Å²) < 4.78 is 11.5. The van der Waals surface area contributed by atoms with E-state index in [2.05, 4.69) is 15.9 Å². The third-order valence-electron chi connectivity index (χ3n) is 6.01. The molecule has 0 bridgehead atoms. The molecule has 1 unspecified atom stereocenters. The monoisotopic (exact) mass is 570 g/mol. The molecule has 3 aromatic rings. The van der Waals surface area contributed by atoms with Crippen molar-refractivity contribution in [3.05, 3.63) is 87.4 Å². The minimum absolute atomic E-state index is 0.108. The fourth-order valence-electron chi connectivity index (χ4n) is 4.20. The lowest BCUT2D eigenvalue weighted by molar-refractivity contribution is -0.122. The van der Waals surface area contributed by atoms with Gasteiger partial charge in [0.2, 0.25) is 5.91 Å². The van der Waals surface area contributed by atoms with E-state index in [1.807, 2.05) is 18.2 Å². The molecule has 4 rings (SSSR count). The van der Waals surface area contributed by atoms with Gasteiger partial charge in [0.05, 0.1) is 26.3 Å². The van der Waals surface area contributed by atoms with Crippen molar-refractivity contribution in [2.75, 3.05) is 25.7 Å². The predicted molar refractivity (Wildman–Crippen MR) is 141 cm³/mol. The first-order valence-electron chi connectivity index (χ1n) is 11.2. The largest absolute Gasteiger partial charge is 0.493 e. The van der Waals surface area contributed by atoms with Gasteiger partial charge >= 0.3 is 0 Å². The maximum absolute atomic E-state index is 13.7. The van der Waals surface area contributed by atoms with Crippen LogP contribution in [0.5, 0.6) is 11.5 Å². The Bertz CT molecular complexity index is 1300. The molecule has 1 atom stereocenters. The van der Waals surface area contributed by atoms with Crippen LogP contribution in [0, 0.1) is 0 Å². The van der Waals surface area contributed by atoms with Crippen molar-refractivity contribution >= 4 is 50.9 Å². The average molecular weight is 572 g/mol. The van der Waals surface area contributed by atoms with Crippen molar-refractivity contribution in [3.63, 3.8) is 0 Å². The number of methoxy groups -OCH3 is 2. The standard InChI is InChI=1S/C27H24BrClN2O5/c1-35-23-11-6-18(15-24(23)36-2)26(33)30(13-12-17-4-3-5-20(29)14-17)22-16-25(32)31(27(22)34)21-9-7-19(28)8-10-21/h3-11,14-15,22H,12-13,16H2,1-2H3. The molecule has 36 heavy (non-hydrogen) atoms. The van der Waals surface area contributed by atoms with E-state index in [1.54, 1.807) is 48.5 Å². The number of halogens is 2. The van der Waals surface area contributed by atoms with E-state index in [4.69, 9.17) is 21.1 Å². The van der Waals surface area contributed by atoms with Gasteiger partial charge in [0, 0.05) is 21.6 Å². The van der Waals surface area contributed by atoms with Crippen LogP contribution in [0.4, 0.5) is 5.69 Å². The van der Waals surface area contributed by atoms with Crippen LogP contribution in [0.2, 0.25) is 5.02 Å². The van der Waals surface area contributed by atoms with E-state index in [1.165, 1.54) is 19.1 Å². The van der Waals surface area contributed by atoms with Gasteiger partial charge in [0.1, 0.15) is 6.04 Å². The van der Waals surface area contributed by atoms with E-state index < -0.39 is 11.9 Å². The first-order chi connectivity index (χ1) is 17.3. The van der Waals surface area contributed by atoms with Crippen LogP contribution >= 0.6 is 27.5 Å². The molecule has 0 radical (unpaired) electrons. The highest BCUT2D eigenvalue weighted by molar-refractivity contribution is 9.10. The maximum atomic E-state index is 13.7. The number of hydrogen-bond acceptors (Lipinski definition) is 5.